The van der Waals surface area contributed by atoms with Crippen LogP contribution in [-0.4, -0.2) is 5.11 Å². The zero-order valence-electron chi connectivity index (χ0n) is 13.9. The predicted octanol–water partition coefficient (Wildman–Crippen LogP) is 0.700. The summed E-state index contributed by atoms with van der Waals surface area (Å²) in [5, 5.41) is 13.4. The van der Waals surface area contributed by atoms with E-state index in [9.17, 15) is 5.11 Å². The van der Waals surface area contributed by atoms with Crippen molar-refractivity contribution in [1.82, 2.24) is 0 Å². The molecule has 3 aromatic carbocycles. The summed E-state index contributed by atoms with van der Waals surface area (Å²) in [6, 6.07) is 21.9. The van der Waals surface area contributed by atoms with Crippen LogP contribution in [0.2, 0.25) is 0 Å². The van der Waals surface area contributed by atoms with Crippen LogP contribution in [0.15, 0.2) is 66.7 Å². The second-order valence-corrected chi connectivity index (χ2v) is 6.17. The monoisotopic (exact) mass is 350 g/mol. The molecule has 0 atom stereocenters. The SMILES string of the molecule is C[n+]1c(Cc2ccc(N)cc2)c2cc(O)ccc2c2ccccc21.[Cl-]. The summed E-state index contributed by atoms with van der Waals surface area (Å²) >= 11 is 0. The van der Waals surface area contributed by atoms with Gasteiger partial charge in [-0.05, 0) is 42.0 Å². The number of hydrogen-bond donors (Lipinski definition) is 2. The number of fused-ring (bicyclic) bond motifs is 3. The molecule has 1 heterocycles. The smallest absolute Gasteiger partial charge is 0.213 e. The van der Waals surface area contributed by atoms with Crippen molar-refractivity contribution in [2.24, 2.45) is 7.05 Å². The molecule has 0 radical (unpaired) electrons. The number of phenolic OH excluding ortho intramolecular Hbond substituents is 1. The Morgan fingerprint density at radius 1 is 0.880 bits per heavy atom. The van der Waals surface area contributed by atoms with Gasteiger partial charge in [0.2, 0.25) is 5.52 Å². The van der Waals surface area contributed by atoms with Crippen LogP contribution in [0.1, 0.15) is 11.3 Å². The molecule has 1 aromatic heterocycles. The van der Waals surface area contributed by atoms with Gasteiger partial charge in [0.05, 0.1) is 17.2 Å². The Hall–Kier alpha value is -2.78. The third-order valence-corrected chi connectivity index (χ3v) is 4.63. The molecule has 0 unspecified atom stereocenters. The van der Waals surface area contributed by atoms with Crippen molar-refractivity contribution in [3.63, 3.8) is 0 Å². The lowest BCUT2D eigenvalue weighted by atomic mass is 9.99. The second kappa shape index (κ2) is 6.61. The molecular formula is C21H19ClN2O. The Morgan fingerprint density at radius 3 is 2.36 bits per heavy atom. The van der Waals surface area contributed by atoms with E-state index in [1.165, 1.54) is 22.2 Å². The molecular weight excluding hydrogens is 332 g/mol. The van der Waals surface area contributed by atoms with Crippen LogP contribution in [0, 0.1) is 0 Å². The maximum atomic E-state index is 9.99. The highest BCUT2D eigenvalue weighted by Gasteiger charge is 2.19. The van der Waals surface area contributed by atoms with Crippen molar-refractivity contribution in [2.75, 3.05) is 5.73 Å². The topological polar surface area (TPSA) is 50.1 Å². The lowest BCUT2D eigenvalue weighted by Gasteiger charge is -2.10. The molecule has 3 N–H and O–H groups in total. The van der Waals surface area contributed by atoms with Crippen LogP contribution < -0.4 is 22.7 Å². The normalized spacial score (nSPS) is 10.8. The molecule has 4 heteroatoms. The van der Waals surface area contributed by atoms with Gasteiger partial charge < -0.3 is 23.2 Å². The number of phenols is 1. The van der Waals surface area contributed by atoms with E-state index in [0.717, 1.165) is 22.9 Å². The van der Waals surface area contributed by atoms with Crippen LogP contribution in [0.5, 0.6) is 5.75 Å². The molecule has 0 aliphatic carbocycles. The Morgan fingerprint density at radius 2 is 1.60 bits per heavy atom. The number of nitrogens with zero attached hydrogens (tertiary/aromatic N) is 1. The molecule has 25 heavy (non-hydrogen) atoms. The van der Waals surface area contributed by atoms with E-state index in [0.29, 0.717) is 0 Å². The highest BCUT2D eigenvalue weighted by Crippen LogP contribution is 2.29. The molecule has 0 saturated heterocycles. The molecule has 0 amide bonds. The summed E-state index contributed by atoms with van der Waals surface area (Å²) in [6.45, 7) is 0. The second-order valence-electron chi connectivity index (χ2n) is 6.17. The zero-order chi connectivity index (χ0) is 16.7. The Bertz CT molecular complexity index is 1060. The average Bonchev–Trinajstić information content (AvgIpc) is 2.60. The molecule has 0 saturated carbocycles. The van der Waals surface area contributed by atoms with E-state index in [2.05, 4.69) is 41.9 Å². The molecule has 0 bridgehead atoms. The molecule has 4 aromatic rings. The van der Waals surface area contributed by atoms with E-state index in [4.69, 9.17) is 5.73 Å². The van der Waals surface area contributed by atoms with Gasteiger partial charge in [-0.3, -0.25) is 0 Å². The number of pyridine rings is 1. The third kappa shape index (κ3) is 2.99. The molecule has 0 fully saturated rings. The van der Waals surface area contributed by atoms with Crippen molar-refractivity contribution in [2.45, 2.75) is 6.42 Å². The molecule has 0 aliphatic rings. The molecule has 0 aliphatic heterocycles. The van der Waals surface area contributed by atoms with Gasteiger partial charge >= 0.3 is 0 Å². The Kier molecular flexibility index (Phi) is 4.51. The van der Waals surface area contributed by atoms with Gasteiger partial charge in [0.25, 0.3) is 0 Å². The predicted molar refractivity (Wildman–Crippen MR) is 98.0 cm³/mol. The van der Waals surface area contributed by atoms with E-state index in [1.54, 1.807) is 6.07 Å². The quantitative estimate of drug-likeness (QED) is 0.318. The van der Waals surface area contributed by atoms with Crippen molar-refractivity contribution >= 4 is 27.4 Å². The first-order chi connectivity index (χ1) is 11.6. The van der Waals surface area contributed by atoms with Crippen molar-refractivity contribution in [1.29, 1.82) is 0 Å². The highest BCUT2D eigenvalue weighted by molar-refractivity contribution is 6.05. The summed E-state index contributed by atoms with van der Waals surface area (Å²) in [5.41, 5.74) is 10.1. The maximum Gasteiger partial charge on any atom is 0.213 e. The van der Waals surface area contributed by atoms with Gasteiger partial charge in [0.1, 0.15) is 12.8 Å². The average molecular weight is 351 g/mol. The summed E-state index contributed by atoms with van der Waals surface area (Å²) in [5.74, 6) is 0.288. The number of para-hydroxylation sites is 1. The van der Waals surface area contributed by atoms with E-state index in [1.807, 2.05) is 30.3 Å². The summed E-state index contributed by atoms with van der Waals surface area (Å²) in [4.78, 5) is 0. The minimum atomic E-state index is 0. The van der Waals surface area contributed by atoms with Gasteiger partial charge in [-0.25, -0.2) is 0 Å². The first-order valence-corrected chi connectivity index (χ1v) is 8.00. The fraction of sp³-hybridized carbons (Fsp3) is 0.0952. The number of hydrogen-bond acceptors (Lipinski definition) is 2. The summed E-state index contributed by atoms with van der Waals surface area (Å²) in [6.07, 6.45) is 0.779. The van der Waals surface area contributed by atoms with Gasteiger partial charge in [0, 0.05) is 17.1 Å². The fourth-order valence-electron chi connectivity index (χ4n) is 3.37. The number of anilines is 1. The van der Waals surface area contributed by atoms with Crippen LogP contribution in [0.4, 0.5) is 5.69 Å². The van der Waals surface area contributed by atoms with Crippen LogP contribution in [0.3, 0.4) is 0 Å². The largest absolute Gasteiger partial charge is 1.00 e. The lowest BCUT2D eigenvalue weighted by Crippen LogP contribution is -3.00. The van der Waals surface area contributed by atoms with Crippen molar-refractivity contribution < 1.29 is 22.1 Å². The van der Waals surface area contributed by atoms with Gasteiger partial charge in [-0.1, -0.05) is 24.3 Å². The standard InChI is InChI=1S/C21H18N2O.ClH/c1-23-20-5-3-2-4-18(20)17-11-10-16(24)13-19(17)21(23)12-14-6-8-15(22)9-7-14;/h2-11,13H,12,22H2,1H3;1H. The Balaban J connectivity index is 0.00000182. The van der Waals surface area contributed by atoms with Crippen LogP contribution in [0.25, 0.3) is 21.7 Å². The molecule has 126 valence electrons. The first-order valence-electron chi connectivity index (χ1n) is 8.00. The number of aromatic nitrogens is 1. The molecule has 0 spiro atoms. The minimum Gasteiger partial charge on any atom is -1.00 e. The molecule has 4 rings (SSSR count). The number of benzene rings is 3. The third-order valence-electron chi connectivity index (χ3n) is 4.63. The number of nitrogen functional groups attached to an aromatic ring is 1. The highest BCUT2D eigenvalue weighted by atomic mass is 35.5. The van der Waals surface area contributed by atoms with Gasteiger partial charge in [0.15, 0.2) is 5.69 Å². The number of nitrogens with two attached hydrogens (primary N) is 1. The van der Waals surface area contributed by atoms with E-state index in [-0.39, 0.29) is 18.2 Å². The number of aromatic hydroxyl groups is 1. The zero-order valence-corrected chi connectivity index (χ0v) is 14.7. The van der Waals surface area contributed by atoms with Crippen molar-refractivity contribution in [3.05, 3.63) is 78.0 Å². The minimum absolute atomic E-state index is 0. The summed E-state index contributed by atoms with van der Waals surface area (Å²) < 4.78 is 2.22. The van der Waals surface area contributed by atoms with Gasteiger partial charge in [-0.15, -0.1) is 0 Å². The number of aryl methyl sites for hydroxylation is 1. The van der Waals surface area contributed by atoms with Crippen molar-refractivity contribution in [3.8, 4) is 5.75 Å². The maximum absolute atomic E-state index is 9.99. The van der Waals surface area contributed by atoms with Gasteiger partial charge in [-0.2, -0.15) is 4.57 Å². The number of rotatable bonds is 2. The van der Waals surface area contributed by atoms with Crippen LogP contribution >= 0.6 is 0 Å². The molecule has 3 nitrogen and oxygen atoms in total. The van der Waals surface area contributed by atoms with E-state index >= 15 is 0 Å². The number of halogens is 1. The van der Waals surface area contributed by atoms with Crippen LogP contribution in [-0.2, 0) is 13.5 Å². The first kappa shape index (κ1) is 17.1. The Labute approximate surface area is 152 Å². The van der Waals surface area contributed by atoms with E-state index < -0.39 is 0 Å². The lowest BCUT2D eigenvalue weighted by molar-refractivity contribution is -0.651. The summed E-state index contributed by atoms with van der Waals surface area (Å²) in [7, 11) is 2.08. The fourth-order valence-corrected chi connectivity index (χ4v) is 3.37.